The summed E-state index contributed by atoms with van der Waals surface area (Å²) < 4.78 is 27.2. The summed E-state index contributed by atoms with van der Waals surface area (Å²) in [4.78, 5) is 34.7. The minimum Gasteiger partial charge on any atom is -0.388 e. The van der Waals surface area contributed by atoms with Gasteiger partial charge in [0.1, 0.15) is 24.4 Å². The fraction of sp³-hybridized carbons (Fsp3) is 1.00. The third-order valence-electron chi connectivity index (χ3n) is 2.38. The van der Waals surface area contributed by atoms with E-state index in [9.17, 15) is 14.8 Å². The van der Waals surface area contributed by atoms with E-state index in [2.05, 4.69) is 13.4 Å². The Morgan fingerprint density at radius 2 is 1.45 bits per heavy atom. The van der Waals surface area contributed by atoms with Crippen LogP contribution in [0.4, 0.5) is 0 Å². The smallest absolute Gasteiger partial charge is 0.388 e. The van der Waals surface area contributed by atoms with Gasteiger partial charge >= 0.3 is 15.6 Å². The molecule has 12 nitrogen and oxygen atoms in total. The molecule has 1 rings (SSSR count). The standard InChI is InChI=1S/C6H14O12P2/c7-5-3(1-15-19(10,11)12)17-4(6(5)8)2-16-20(13,14)18-9/h3-9H,1-2H2,(H3-,10,11,12,13,14)/p+1/t3-,4+,5-,6-/m1/s1. The van der Waals surface area contributed by atoms with Crippen LogP contribution in [0.25, 0.3) is 0 Å². The van der Waals surface area contributed by atoms with Gasteiger partial charge in [0.2, 0.25) is 0 Å². The van der Waals surface area contributed by atoms with Gasteiger partial charge in [-0.1, -0.05) is 0 Å². The van der Waals surface area contributed by atoms with Crippen LogP contribution in [0.2, 0.25) is 0 Å². The quantitative estimate of drug-likeness (QED) is 0.119. The number of aliphatic hydroxyl groups is 2. The number of phosphoric ester groups is 1. The zero-order chi connectivity index (χ0) is 15.6. The van der Waals surface area contributed by atoms with Crippen LogP contribution >= 0.6 is 15.6 Å². The van der Waals surface area contributed by atoms with Crippen LogP contribution in [0.15, 0.2) is 0 Å². The number of aliphatic hydroxyl groups excluding tert-OH is 2. The molecular weight excluding hydrogens is 326 g/mol. The number of ether oxygens (including phenoxy) is 1. The highest BCUT2D eigenvalue weighted by molar-refractivity contribution is 7.46. The Morgan fingerprint density at radius 1 is 1.00 bits per heavy atom. The summed E-state index contributed by atoms with van der Waals surface area (Å²) in [6.07, 6.45) is -5.56. The van der Waals surface area contributed by atoms with E-state index in [-0.39, 0.29) is 0 Å². The lowest BCUT2D eigenvalue weighted by molar-refractivity contribution is -0.309. The second-order valence-electron chi connectivity index (χ2n) is 3.85. The fourth-order valence-electron chi connectivity index (χ4n) is 1.47. The molecule has 1 aliphatic heterocycles. The molecular formula is C6H15O12P2+. The molecule has 1 aliphatic rings. The van der Waals surface area contributed by atoms with Crippen LogP contribution in [0.5, 0.6) is 0 Å². The first-order valence-corrected chi connectivity index (χ1v) is 8.16. The van der Waals surface area contributed by atoms with Crippen molar-refractivity contribution >= 4 is 15.6 Å². The molecule has 1 fully saturated rings. The van der Waals surface area contributed by atoms with Crippen LogP contribution in [0.3, 0.4) is 0 Å². The molecule has 1 heterocycles. The summed E-state index contributed by atoms with van der Waals surface area (Å²) in [5, 5.41) is 27.2. The van der Waals surface area contributed by atoms with Gasteiger partial charge in [-0.3, -0.25) is 14.3 Å². The van der Waals surface area contributed by atoms with Crippen LogP contribution in [-0.2, 0) is 22.7 Å². The van der Waals surface area contributed by atoms with Gasteiger partial charge in [-0.2, -0.15) is 0 Å². The van der Waals surface area contributed by atoms with Crippen molar-refractivity contribution in [3.63, 3.8) is 0 Å². The van der Waals surface area contributed by atoms with E-state index in [1.165, 1.54) is 0 Å². The maximum absolute atomic E-state index is 10.5. The molecule has 7 N–H and O–H groups in total. The first-order chi connectivity index (χ1) is 9.06. The van der Waals surface area contributed by atoms with Crippen LogP contribution < -0.4 is 0 Å². The van der Waals surface area contributed by atoms with E-state index in [1.807, 2.05) is 0 Å². The van der Waals surface area contributed by atoms with E-state index >= 15 is 0 Å². The van der Waals surface area contributed by atoms with Crippen molar-refractivity contribution in [1.29, 1.82) is 0 Å². The third-order valence-corrected chi connectivity index (χ3v) is 3.57. The van der Waals surface area contributed by atoms with Crippen molar-refractivity contribution in [2.45, 2.75) is 24.4 Å². The molecule has 14 heteroatoms. The summed E-state index contributed by atoms with van der Waals surface area (Å²) >= 11 is 0. The summed E-state index contributed by atoms with van der Waals surface area (Å²) in [6.45, 7) is -1.36. The van der Waals surface area contributed by atoms with Gasteiger partial charge in [-0.25, -0.2) is 9.09 Å². The van der Waals surface area contributed by atoms with Gasteiger partial charge in [0.05, 0.1) is 13.2 Å². The Balaban J connectivity index is 2.54. The van der Waals surface area contributed by atoms with E-state index in [0.29, 0.717) is 0 Å². The Kier molecular flexibility index (Phi) is 6.23. The van der Waals surface area contributed by atoms with Crippen molar-refractivity contribution in [2.24, 2.45) is 0 Å². The average molecular weight is 341 g/mol. The minimum atomic E-state index is -4.76. The van der Waals surface area contributed by atoms with E-state index < -0.39 is 53.3 Å². The molecule has 0 aliphatic carbocycles. The predicted molar refractivity (Wildman–Crippen MR) is 59.3 cm³/mol. The molecule has 120 valence electrons. The molecule has 0 aromatic carbocycles. The molecule has 0 saturated carbocycles. The molecule has 1 saturated heterocycles. The third kappa shape index (κ3) is 5.45. The SMILES string of the molecule is O=P(O)(O)OC[C@H]1O[C@@H](COP(O)(O)=[O+]O)[C@@H](O)[C@@H]1O. The zero-order valence-corrected chi connectivity index (χ0v) is 11.6. The van der Waals surface area contributed by atoms with E-state index in [1.54, 1.807) is 0 Å². The molecule has 4 atom stereocenters. The lowest BCUT2D eigenvalue weighted by Gasteiger charge is -2.14. The Hall–Kier alpha value is 0.0600. The lowest BCUT2D eigenvalue weighted by atomic mass is 10.1. The van der Waals surface area contributed by atoms with Crippen LogP contribution in [-0.4, -0.2) is 72.7 Å². The highest BCUT2D eigenvalue weighted by Crippen LogP contribution is 2.40. The monoisotopic (exact) mass is 341 g/mol. The topological polar surface area (TPSA) is 198 Å². The normalized spacial score (nSPS) is 31.6. The molecule has 0 radical (unpaired) electrons. The molecule has 0 spiro atoms. The van der Waals surface area contributed by atoms with E-state index in [4.69, 9.17) is 29.6 Å². The van der Waals surface area contributed by atoms with E-state index in [0.717, 1.165) is 0 Å². The van der Waals surface area contributed by atoms with Gasteiger partial charge in [0, 0.05) is 9.60 Å². The first kappa shape index (κ1) is 18.1. The van der Waals surface area contributed by atoms with Crippen LogP contribution in [0, 0.1) is 0 Å². The van der Waals surface area contributed by atoms with Crippen molar-refractivity contribution in [3.05, 3.63) is 0 Å². The second-order valence-corrected chi connectivity index (χ2v) is 6.49. The molecule has 0 amide bonds. The Labute approximate surface area is 112 Å². The number of hydrogen-bond donors (Lipinski definition) is 7. The number of hydrogen-bond acceptors (Lipinski definition) is 6. The zero-order valence-electron chi connectivity index (χ0n) is 9.79. The van der Waals surface area contributed by atoms with Crippen molar-refractivity contribution in [2.75, 3.05) is 13.2 Å². The van der Waals surface area contributed by atoms with Gasteiger partial charge in [0.25, 0.3) is 0 Å². The van der Waals surface area contributed by atoms with Crippen molar-refractivity contribution in [3.8, 4) is 0 Å². The van der Waals surface area contributed by atoms with Gasteiger partial charge in [-0.15, -0.1) is 0 Å². The lowest BCUT2D eigenvalue weighted by Crippen LogP contribution is -2.35. The number of phosphoric acid groups is 1. The molecule has 0 aromatic rings. The number of rotatable bonds is 6. The highest BCUT2D eigenvalue weighted by atomic mass is 31.2. The van der Waals surface area contributed by atoms with Gasteiger partial charge in [0.15, 0.2) is 0 Å². The summed E-state index contributed by atoms with van der Waals surface area (Å²) in [7, 11) is -9.22. The maximum atomic E-state index is 10.5. The summed E-state index contributed by atoms with van der Waals surface area (Å²) in [5.74, 6) is 0. The average Bonchev–Trinajstić information content (AvgIpc) is 2.61. The van der Waals surface area contributed by atoms with Crippen LogP contribution in [0.1, 0.15) is 0 Å². The highest BCUT2D eigenvalue weighted by Gasteiger charge is 2.45. The molecule has 0 aromatic heterocycles. The van der Waals surface area contributed by atoms with Gasteiger partial charge in [-0.05, 0) is 0 Å². The minimum absolute atomic E-state index is 0.661. The first-order valence-electron chi connectivity index (χ1n) is 5.09. The largest absolute Gasteiger partial charge is 0.720 e. The van der Waals surface area contributed by atoms with Gasteiger partial charge < -0.3 is 24.7 Å². The fourth-order valence-corrected chi connectivity index (χ4v) is 2.20. The Morgan fingerprint density at radius 3 is 1.85 bits per heavy atom. The second kappa shape index (κ2) is 6.88. The molecule has 0 bridgehead atoms. The summed E-state index contributed by atoms with van der Waals surface area (Å²) in [5.41, 5.74) is 0. The Bertz CT molecular complexity index is 412. The summed E-state index contributed by atoms with van der Waals surface area (Å²) in [6, 6.07) is 0. The van der Waals surface area contributed by atoms with Crippen molar-refractivity contribution in [1.82, 2.24) is 0 Å². The molecule has 20 heavy (non-hydrogen) atoms. The maximum Gasteiger partial charge on any atom is 0.720 e. The predicted octanol–water partition coefficient (Wildman–Crippen LogP) is -2.30. The molecule has 0 unspecified atom stereocenters. The van der Waals surface area contributed by atoms with Crippen molar-refractivity contribution < 1.29 is 57.7 Å².